The van der Waals surface area contributed by atoms with Crippen LogP contribution in [0.5, 0.6) is 5.75 Å². The second-order valence-corrected chi connectivity index (χ2v) is 4.77. The van der Waals surface area contributed by atoms with Crippen LogP contribution in [0.3, 0.4) is 0 Å². The predicted octanol–water partition coefficient (Wildman–Crippen LogP) is 2.08. The van der Waals surface area contributed by atoms with Crippen LogP contribution in [0.15, 0.2) is 39.7 Å². The maximum Gasteiger partial charge on any atom is 0.280 e. The molecule has 2 aromatic rings. The van der Waals surface area contributed by atoms with Crippen LogP contribution in [0.4, 0.5) is 5.69 Å². The van der Waals surface area contributed by atoms with Crippen molar-refractivity contribution in [2.75, 3.05) is 11.9 Å². The highest BCUT2D eigenvalue weighted by Gasteiger charge is 2.24. The number of ether oxygens (including phenoxy) is 1. The zero-order chi connectivity index (χ0) is 12.5. The van der Waals surface area contributed by atoms with Crippen LogP contribution >= 0.6 is 15.9 Å². The summed E-state index contributed by atoms with van der Waals surface area (Å²) in [5.41, 5.74) is 1.49. The Balaban J connectivity index is 1.91. The van der Waals surface area contributed by atoms with Crippen molar-refractivity contribution in [2.24, 2.45) is 0 Å². The lowest BCUT2D eigenvalue weighted by Gasteiger charge is -2.13. The Kier molecular flexibility index (Phi) is 2.79. The average Bonchev–Trinajstić information content (AvgIpc) is 2.79. The SMILES string of the molecule is O=c1[nH]ncc(NC2COc3ccccc32)c1Br. The van der Waals surface area contributed by atoms with Crippen molar-refractivity contribution in [3.63, 3.8) is 0 Å². The molecule has 3 rings (SSSR count). The van der Waals surface area contributed by atoms with Gasteiger partial charge in [-0.1, -0.05) is 18.2 Å². The van der Waals surface area contributed by atoms with Crippen LogP contribution in [-0.4, -0.2) is 16.8 Å². The molecule has 0 saturated heterocycles. The minimum atomic E-state index is -0.257. The summed E-state index contributed by atoms with van der Waals surface area (Å²) >= 11 is 3.24. The molecule has 0 fully saturated rings. The van der Waals surface area contributed by atoms with E-state index < -0.39 is 0 Å². The number of nitrogens with one attached hydrogen (secondary N) is 2. The van der Waals surface area contributed by atoms with Gasteiger partial charge in [-0.05, 0) is 22.0 Å². The summed E-state index contributed by atoms with van der Waals surface area (Å²) in [7, 11) is 0. The quantitative estimate of drug-likeness (QED) is 0.891. The third-order valence-electron chi connectivity index (χ3n) is 2.83. The zero-order valence-electron chi connectivity index (χ0n) is 9.31. The molecule has 1 atom stereocenters. The molecule has 1 aromatic carbocycles. The molecule has 5 nitrogen and oxygen atoms in total. The molecule has 0 saturated carbocycles. The first-order valence-corrected chi connectivity index (χ1v) is 6.26. The number of halogens is 1. The number of para-hydroxylation sites is 1. The number of H-pyrrole nitrogens is 1. The van der Waals surface area contributed by atoms with Gasteiger partial charge in [0.05, 0.1) is 17.9 Å². The van der Waals surface area contributed by atoms with Gasteiger partial charge in [-0.3, -0.25) is 4.79 Å². The molecule has 0 radical (unpaired) electrons. The minimum Gasteiger partial charge on any atom is -0.491 e. The first kappa shape index (κ1) is 11.3. The molecule has 0 amide bonds. The van der Waals surface area contributed by atoms with E-state index in [-0.39, 0.29) is 11.6 Å². The molecule has 1 aliphatic rings. The Hall–Kier alpha value is -1.82. The molecule has 0 spiro atoms. The third kappa shape index (κ3) is 1.88. The van der Waals surface area contributed by atoms with E-state index in [4.69, 9.17) is 4.74 Å². The number of aromatic nitrogens is 2. The fourth-order valence-corrected chi connectivity index (χ4v) is 2.26. The van der Waals surface area contributed by atoms with E-state index in [1.807, 2.05) is 24.3 Å². The minimum absolute atomic E-state index is 0.0288. The number of fused-ring (bicyclic) bond motifs is 1. The smallest absolute Gasteiger partial charge is 0.280 e. The van der Waals surface area contributed by atoms with E-state index in [0.717, 1.165) is 11.3 Å². The van der Waals surface area contributed by atoms with Crippen LogP contribution in [0.25, 0.3) is 0 Å². The van der Waals surface area contributed by atoms with Gasteiger partial charge >= 0.3 is 0 Å². The maximum absolute atomic E-state index is 11.4. The summed E-state index contributed by atoms with van der Waals surface area (Å²) in [6.45, 7) is 0.540. The summed E-state index contributed by atoms with van der Waals surface area (Å²) in [4.78, 5) is 11.4. The van der Waals surface area contributed by atoms with Crippen molar-refractivity contribution >= 4 is 21.6 Å². The highest BCUT2D eigenvalue weighted by molar-refractivity contribution is 9.10. The normalized spacial score (nSPS) is 17.1. The standard InChI is InChI=1S/C12H10BrN3O2/c13-11-8(5-14-16-12(11)17)15-9-6-18-10-4-2-1-3-7(9)10/h1-5,9H,6H2,(H2,15,16,17). The van der Waals surface area contributed by atoms with Gasteiger partial charge in [0, 0.05) is 5.56 Å². The van der Waals surface area contributed by atoms with Gasteiger partial charge in [0.15, 0.2) is 0 Å². The van der Waals surface area contributed by atoms with E-state index in [2.05, 4.69) is 31.4 Å². The largest absolute Gasteiger partial charge is 0.491 e. The van der Waals surface area contributed by atoms with Gasteiger partial charge in [0.25, 0.3) is 5.56 Å². The molecular weight excluding hydrogens is 298 g/mol. The van der Waals surface area contributed by atoms with E-state index >= 15 is 0 Å². The molecule has 0 aliphatic carbocycles. The van der Waals surface area contributed by atoms with Gasteiger partial charge in [-0.15, -0.1) is 0 Å². The first-order valence-electron chi connectivity index (χ1n) is 5.47. The lowest BCUT2D eigenvalue weighted by atomic mass is 10.1. The monoisotopic (exact) mass is 307 g/mol. The summed E-state index contributed by atoms with van der Waals surface area (Å²) in [6, 6.07) is 7.87. The highest BCUT2D eigenvalue weighted by Crippen LogP contribution is 2.34. The first-order chi connectivity index (χ1) is 8.75. The van der Waals surface area contributed by atoms with Crippen molar-refractivity contribution in [2.45, 2.75) is 6.04 Å². The summed E-state index contributed by atoms with van der Waals surface area (Å²) < 4.78 is 6.02. The summed E-state index contributed by atoms with van der Waals surface area (Å²) in [6.07, 6.45) is 1.58. The predicted molar refractivity (Wildman–Crippen MR) is 70.9 cm³/mol. The van der Waals surface area contributed by atoms with Crippen molar-refractivity contribution in [3.8, 4) is 5.75 Å². The molecule has 1 aromatic heterocycles. The van der Waals surface area contributed by atoms with Crippen LogP contribution < -0.4 is 15.6 Å². The molecule has 92 valence electrons. The summed E-state index contributed by atoms with van der Waals surface area (Å²) in [5.74, 6) is 0.879. The second kappa shape index (κ2) is 4.45. The number of nitrogens with zero attached hydrogens (tertiary/aromatic N) is 1. The molecule has 6 heteroatoms. The Bertz CT molecular complexity index is 641. The maximum atomic E-state index is 11.4. The number of hydrogen-bond donors (Lipinski definition) is 2. The number of aromatic amines is 1. The molecule has 0 bridgehead atoms. The zero-order valence-corrected chi connectivity index (χ0v) is 10.9. The Morgan fingerprint density at radius 3 is 3.17 bits per heavy atom. The number of anilines is 1. The van der Waals surface area contributed by atoms with Gasteiger partial charge in [0.2, 0.25) is 0 Å². The number of rotatable bonds is 2. The van der Waals surface area contributed by atoms with Crippen molar-refractivity contribution in [3.05, 3.63) is 50.9 Å². The van der Waals surface area contributed by atoms with Crippen LogP contribution in [0, 0.1) is 0 Å². The average molecular weight is 308 g/mol. The summed E-state index contributed by atoms with van der Waals surface area (Å²) in [5, 5.41) is 9.38. The van der Waals surface area contributed by atoms with E-state index in [0.29, 0.717) is 16.8 Å². The Labute approximate surface area is 111 Å². The van der Waals surface area contributed by atoms with Gasteiger partial charge < -0.3 is 10.1 Å². The van der Waals surface area contributed by atoms with Crippen LogP contribution in [0.1, 0.15) is 11.6 Å². The molecular formula is C12H10BrN3O2. The van der Waals surface area contributed by atoms with Crippen LogP contribution in [-0.2, 0) is 0 Å². The highest BCUT2D eigenvalue weighted by atomic mass is 79.9. The molecule has 2 heterocycles. The fourth-order valence-electron chi connectivity index (χ4n) is 1.95. The molecule has 1 unspecified atom stereocenters. The fraction of sp³-hybridized carbons (Fsp3) is 0.167. The lowest BCUT2D eigenvalue weighted by Crippen LogP contribution is -2.16. The Morgan fingerprint density at radius 1 is 1.44 bits per heavy atom. The number of benzene rings is 1. The van der Waals surface area contributed by atoms with Crippen molar-refractivity contribution < 1.29 is 4.74 Å². The van der Waals surface area contributed by atoms with Crippen molar-refractivity contribution in [1.29, 1.82) is 0 Å². The second-order valence-electron chi connectivity index (χ2n) is 3.97. The Morgan fingerprint density at radius 2 is 2.28 bits per heavy atom. The number of hydrogen-bond acceptors (Lipinski definition) is 4. The van der Waals surface area contributed by atoms with Gasteiger partial charge in [0.1, 0.15) is 16.8 Å². The third-order valence-corrected chi connectivity index (χ3v) is 3.61. The van der Waals surface area contributed by atoms with E-state index in [1.165, 1.54) is 0 Å². The van der Waals surface area contributed by atoms with E-state index in [1.54, 1.807) is 6.20 Å². The topological polar surface area (TPSA) is 67.0 Å². The van der Waals surface area contributed by atoms with Gasteiger partial charge in [-0.2, -0.15) is 5.10 Å². The van der Waals surface area contributed by atoms with Gasteiger partial charge in [-0.25, -0.2) is 5.10 Å². The molecule has 18 heavy (non-hydrogen) atoms. The molecule has 1 aliphatic heterocycles. The van der Waals surface area contributed by atoms with E-state index in [9.17, 15) is 4.79 Å². The lowest BCUT2D eigenvalue weighted by molar-refractivity contribution is 0.340. The molecule has 2 N–H and O–H groups in total. The van der Waals surface area contributed by atoms with Crippen LogP contribution in [0.2, 0.25) is 0 Å². The van der Waals surface area contributed by atoms with Crippen molar-refractivity contribution in [1.82, 2.24) is 10.2 Å².